The molecule has 8 nitrogen and oxygen atoms in total. The lowest BCUT2D eigenvalue weighted by molar-refractivity contribution is 0.0851. The maximum Gasteiger partial charge on any atom is 0.409 e. The molecule has 1 aromatic carbocycles. The van der Waals surface area contributed by atoms with Gasteiger partial charge in [0.2, 0.25) is 0 Å². The summed E-state index contributed by atoms with van der Waals surface area (Å²) < 4.78 is 15.9. The molecule has 1 aliphatic rings. The Bertz CT molecular complexity index is 571. The number of ether oxygens (including phenoxy) is 3. The Morgan fingerprint density at radius 3 is 2.08 bits per heavy atom. The number of amides is 3. The van der Waals surface area contributed by atoms with Crippen LogP contribution in [0.3, 0.4) is 0 Å². The second-order valence-electron chi connectivity index (χ2n) is 5.66. The highest BCUT2D eigenvalue weighted by molar-refractivity contribution is 5.75. The molecule has 0 saturated carbocycles. The van der Waals surface area contributed by atoms with E-state index in [4.69, 9.17) is 14.2 Å². The maximum absolute atomic E-state index is 12.1. The Labute approximate surface area is 154 Å². The van der Waals surface area contributed by atoms with Gasteiger partial charge in [-0.15, -0.1) is 0 Å². The lowest BCUT2D eigenvalue weighted by Crippen LogP contribution is -2.53. The molecule has 0 aromatic heterocycles. The van der Waals surface area contributed by atoms with Gasteiger partial charge in [0.15, 0.2) is 0 Å². The van der Waals surface area contributed by atoms with Crippen molar-refractivity contribution >= 4 is 12.1 Å². The molecule has 1 aliphatic heterocycles. The third kappa shape index (κ3) is 6.02. The van der Waals surface area contributed by atoms with Crippen molar-refractivity contribution in [1.82, 2.24) is 15.1 Å². The summed E-state index contributed by atoms with van der Waals surface area (Å²) in [7, 11) is 0. The van der Waals surface area contributed by atoms with Gasteiger partial charge >= 0.3 is 12.1 Å². The zero-order valence-corrected chi connectivity index (χ0v) is 15.4. The molecule has 1 saturated heterocycles. The second kappa shape index (κ2) is 10.4. The van der Waals surface area contributed by atoms with Gasteiger partial charge in [-0.05, 0) is 38.1 Å². The van der Waals surface area contributed by atoms with Crippen molar-refractivity contribution in [3.8, 4) is 11.5 Å². The fraction of sp³-hybridized carbons (Fsp3) is 0.556. The van der Waals surface area contributed by atoms with E-state index in [1.54, 1.807) is 16.7 Å². The molecule has 1 heterocycles. The summed E-state index contributed by atoms with van der Waals surface area (Å²) in [6, 6.07) is 7.22. The number of benzene rings is 1. The monoisotopic (exact) mass is 365 g/mol. The fourth-order valence-electron chi connectivity index (χ4n) is 2.54. The van der Waals surface area contributed by atoms with Crippen LogP contribution in [-0.4, -0.2) is 74.5 Å². The number of nitrogens with zero attached hydrogens (tertiary/aromatic N) is 2. The second-order valence-corrected chi connectivity index (χ2v) is 5.66. The Morgan fingerprint density at radius 2 is 1.50 bits per heavy atom. The van der Waals surface area contributed by atoms with Crippen molar-refractivity contribution in [2.24, 2.45) is 0 Å². The molecule has 3 amide bonds. The third-order valence-corrected chi connectivity index (χ3v) is 3.87. The van der Waals surface area contributed by atoms with E-state index in [1.807, 2.05) is 31.2 Å². The average molecular weight is 365 g/mol. The van der Waals surface area contributed by atoms with Gasteiger partial charge in [0.25, 0.3) is 0 Å². The highest BCUT2D eigenvalue weighted by Gasteiger charge is 2.24. The fourth-order valence-corrected chi connectivity index (χ4v) is 2.54. The molecule has 1 fully saturated rings. The normalized spacial score (nSPS) is 13.9. The number of carbonyl (C=O) groups excluding carboxylic acids is 2. The number of nitrogens with one attached hydrogen (secondary N) is 1. The average Bonchev–Trinajstić information content (AvgIpc) is 2.67. The summed E-state index contributed by atoms with van der Waals surface area (Å²) in [5, 5.41) is 2.83. The van der Waals surface area contributed by atoms with Crippen molar-refractivity contribution < 1.29 is 23.8 Å². The van der Waals surface area contributed by atoms with E-state index in [0.717, 1.165) is 11.5 Å². The van der Waals surface area contributed by atoms with E-state index < -0.39 is 0 Å². The highest BCUT2D eigenvalue weighted by atomic mass is 16.6. The first kappa shape index (κ1) is 19.7. The van der Waals surface area contributed by atoms with Crippen molar-refractivity contribution in [2.75, 3.05) is 52.5 Å². The first-order chi connectivity index (χ1) is 12.6. The first-order valence-corrected chi connectivity index (χ1v) is 8.94. The Balaban J connectivity index is 1.62. The molecular weight excluding hydrogens is 338 g/mol. The molecule has 0 radical (unpaired) electrons. The molecule has 1 aromatic rings. The number of hydrogen-bond acceptors (Lipinski definition) is 5. The van der Waals surface area contributed by atoms with Crippen molar-refractivity contribution in [2.45, 2.75) is 13.8 Å². The van der Waals surface area contributed by atoms with Crippen LogP contribution < -0.4 is 14.8 Å². The van der Waals surface area contributed by atoms with E-state index in [9.17, 15) is 9.59 Å². The van der Waals surface area contributed by atoms with Crippen LogP contribution in [0.1, 0.15) is 13.8 Å². The lowest BCUT2D eigenvalue weighted by Gasteiger charge is -2.33. The summed E-state index contributed by atoms with van der Waals surface area (Å²) in [5.41, 5.74) is 0. The predicted molar refractivity (Wildman–Crippen MR) is 96.7 cm³/mol. The topological polar surface area (TPSA) is 80.3 Å². The van der Waals surface area contributed by atoms with Crippen molar-refractivity contribution in [1.29, 1.82) is 0 Å². The minimum atomic E-state index is -0.323. The minimum absolute atomic E-state index is 0.149. The Morgan fingerprint density at radius 1 is 0.923 bits per heavy atom. The lowest BCUT2D eigenvalue weighted by atomic mass is 10.3. The van der Waals surface area contributed by atoms with Gasteiger partial charge in [0.1, 0.15) is 18.1 Å². The molecule has 0 atom stereocenters. The van der Waals surface area contributed by atoms with E-state index >= 15 is 0 Å². The summed E-state index contributed by atoms with van der Waals surface area (Å²) in [6.07, 6.45) is -0.323. The van der Waals surface area contributed by atoms with Crippen LogP contribution >= 0.6 is 0 Å². The summed E-state index contributed by atoms with van der Waals surface area (Å²) >= 11 is 0. The van der Waals surface area contributed by atoms with E-state index in [1.165, 1.54) is 0 Å². The molecule has 0 bridgehead atoms. The molecule has 0 spiro atoms. The highest BCUT2D eigenvalue weighted by Crippen LogP contribution is 2.17. The Kier molecular flexibility index (Phi) is 7.85. The summed E-state index contributed by atoms with van der Waals surface area (Å²) in [4.78, 5) is 27.1. The van der Waals surface area contributed by atoms with Crippen LogP contribution in [0.25, 0.3) is 0 Å². The van der Waals surface area contributed by atoms with Gasteiger partial charge in [-0.3, -0.25) is 0 Å². The van der Waals surface area contributed by atoms with Gasteiger partial charge in [-0.1, -0.05) is 0 Å². The van der Waals surface area contributed by atoms with E-state index in [-0.39, 0.29) is 12.1 Å². The minimum Gasteiger partial charge on any atom is -0.494 e. The van der Waals surface area contributed by atoms with Gasteiger partial charge in [-0.25, -0.2) is 9.59 Å². The quantitative estimate of drug-likeness (QED) is 0.747. The van der Waals surface area contributed by atoms with Crippen LogP contribution in [0.2, 0.25) is 0 Å². The molecule has 0 aliphatic carbocycles. The van der Waals surface area contributed by atoms with Gasteiger partial charge < -0.3 is 29.3 Å². The summed E-state index contributed by atoms with van der Waals surface area (Å²) in [5.74, 6) is 1.53. The third-order valence-electron chi connectivity index (χ3n) is 3.87. The van der Waals surface area contributed by atoms with Crippen molar-refractivity contribution in [3.05, 3.63) is 24.3 Å². The molecule has 2 rings (SSSR count). The van der Waals surface area contributed by atoms with Gasteiger partial charge in [0, 0.05) is 26.2 Å². The number of piperazine rings is 1. The number of urea groups is 1. The van der Waals surface area contributed by atoms with Crippen LogP contribution in [0.4, 0.5) is 9.59 Å². The van der Waals surface area contributed by atoms with E-state index in [0.29, 0.717) is 52.5 Å². The number of carbonyl (C=O) groups is 2. The van der Waals surface area contributed by atoms with Crippen LogP contribution in [-0.2, 0) is 4.74 Å². The van der Waals surface area contributed by atoms with Crippen LogP contribution in [0, 0.1) is 0 Å². The van der Waals surface area contributed by atoms with Crippen LogP contribution in [0.15, 0.2) is 24.3 Å². The number of rotatable bonds is 7. The molecule has 8 heteroatoms. The summed E-state index contributed by atoms with van der Waals surface area (Å²) in [6.45, 7) is 7.42. The largest absolute Gasteiger partial charge is 0.494 e. The zero-order valence-electron chi connectivity index (χ0n) is 15.4. The standard InChI is InChI=1S/C18H27N3O5/c1-3-24-15-5-7-16(8-6-15)26-14-9-19-17(22)20-10-12-21(13-11-20)18(23)25-4-2/h5-8H,3-4,9-14H2,1-2H3,(H,19,22). The van der Waals surface area contributed by atoms with Crippen molar-refractivity contribution in [3.63, 3.8) is 0 Å². The Hall–Kier alpha value is -2.64. The van der Waals surface area contributed by atoms with Crippen LogP contribution in [0.5, 0.6) is 11.5 Å². The maximum atomic E-state index is 12.1. The molecular formula is C18H27N3O5. The van der Waals surface area contributed by atoms with E-state index in [2.05, 4.69) is 5.32 Å². The molecule has 144 valence electrons. The molecule has 26 heavy (non-hydrogen) atoms. The zero-order chi connectivity index (χ0) is 18.8. The molecule has 0 unspecified atom stereocenters. The number of hydrogen-bond donors (Lipinski definition) is 1. The smallest absolute Gasteiger partial charge is 0.409 e. The SMILES string of the molecule is CCOC(=O)N1CCN(C(=O)NCCOc2ccc(OCC)cc2)CC1. The first-order valence-electron chi connectivity index (χ1n) is 8.94. The van der Waals surface area contributed by atoms with Gasteiger partial charge in [0.05, 0.1) is 19.8 Å². The molecule has 1 N–H and O–H groups in total. The predicted octanol–water partition coefficient (Wildman–Crippen LogP) is 1.95. The van der Waals surface area contributed by atoms with Gasteiger partial charge in [-0.2, -0.15) is 0 Å².